The number of amides is 1. The van der Waals surface area contributed by atoms with Crippen molar-refractivity contribution < 1.29 is 31.7 Å². The van der Waals surface area contributed by atoms with Gasteiger partial charge in [-0.2, -0.15) is 18.2 Å². The first-order valence-corrected chi connectivity index (χ1v) is 7.90. The number of carbonyl (C=O) groups is 2. The number of furan rings is 1. The van der Waals surface area contributed by atoms with Gasteiger partial charge in [-0.05, 0) is 24.3 Å². The average molecular weight is 385 g/mol. The van der Waals surface area contributed by atoms with Crippen molar-refractivity contribution >= 4 is 23.0 Å². The topological polar surface area (TPSA) is 89.4 Å². The summed E-state index contributed by atoms with van der Waals surface area (Å²) in [6.07, 6.45) is -3.43. The van der Waals surface area contributed by atoms with Crippen LogP contribution >= 0.6 is 11.3 Å². The molecule has 0 N–H and O–H groups in total. The van der Waals surface area contributed by atoms with E-state index in [1.54, 1.807) is 6.07 Å². The van der Waals surface area contributed by atoms with E-state index in [4.69, 9.17) is 4.42 Å². The number of rotatable bonds is 5. The highest BCUT2D eigenvalue weighted by atomic mass is 32.1. The Morgan fingerprint density at radius 3 is 2.65 bits per heavy atom. The van der Waals surface area contributed by atoms with Crippen molar-refractivity contribution in [3.63, 3.8) is 0 Å². The van der Waals surface area contributed by atoms with Gasteiger partial charge in [0.05, 0.1) is 17.7 Å². The van der Waals surface area contributed by atoms with E-state index in [0.29, 0.717) is 9.75 Å². The lowest BCUT2D eigenvalue weighted by molar-refractivity contribution is -0.159. The zero-order valence-corrected chi connectivity index (χ0v) is 13.9. The highest BCUT2D eigenvalue weighted by Crippen LogP contribution is 2.32. The van der Waals surface area contributed by atoms with Gasteiger partial charge in [0.2, 0.25) is 5.82 Å². The molecule has 3 aromatic rings. The van der Waals surface area contributed by atoms with Crippen molar-refractivity contribution in [1.29, 1.82) is 0 Å². The van der Waals surface area contributed by atoms with E-state index in [-0.39, 0.29) is 18.1 Å². The lowest BCUT2D eigenvalue weighted by atomic mass is 10.2. The van der Waals surface area contributed by atoms with E-state index in [0.717, 1.165) is 11.3 Å². The molecule has 1 amide bonds. The number of hydrogen-bond donors (Lipinski definition) is 0. The van der Waals surface area contributed by atoms with E-state index >= 15 is 0 Å². The molecule has 0 atom stereocenters. The molecule has 0 aliphatic carbocycles. The van der Waals surface area contributed by atoms with E-state index in [9.17, 15) is 22.8 Å². The molecule has 0 radical (unpaired) electrons. The van der Waals surface area contributed by atoms with Crippen LogP contribution in [0.4, 0.5) is 13.2 Å². The Bertz CT molecular complexity index is 930. The van der Waals surface area contributed by atoms with Gasteiger partial charge >= 0.3 is 12.1 Å². The molecule has 0 aliphatic rings. The molecule has 26 heavy (non-hydrogen) atoms. The maximum atomic E-state index is 12.5. The van der Waals surface area contributed by atoms with Crippen molar-refractivity contribution in [2.75, 3.05) is 7.05 Å². The van der Waals surface area contributed by atoms with E-state index in [1.165, 1.54) is 36.4 Å². The van der Waals surface area contributed by atoms with Gasteiger partial charge in [-0.25, -0.2) is 0 Å². The molecule has 0 unspecified atom stereocenters. The van der Waals surface area contributed by atoms with Crippen molar-refractivity contribution in [2.24, 2.45) is 0 Å². The Hall–Kier alpha value is -2.95. The van der Waals surface area contributed by atoms with Crippen LogP contribution in [0.3, 0.4) is 0 Å². The molecule has 0 spiro atoms. The molecule has 0 aromatic carbocycles. The quantitative estimate of drug-likeness (QED) is 0.495. The Balaban J connectivity index is 1.69. The molecule has 0 fully saturated rings. The van der Waals surface area contributed by atoms with Crippen LogP contribution in [0.2, 0.25) is 0 Å². The summed E-state index contributed by atoms with van der Waals surface area (Å²) in [6, 6.07) is 5.99. The lowest BCUT2D eigenvalue weighted by Gasteiger charge is -2.14. The number of thiophene rings is 1. The average Bonchev–Trinajstić information content (AvgIpc) is 3.31. The number of halogens is 3. The first-order chi connectivity index (χ1) is 12.3. The second-order valence-corrected chi connectivity index (χ2v) is 6.32. The number of likely N-dealkylation sites (N-methyl/N-ethyl adjacent to an activating group) is 1. The molecule has 136 valence electrons. The number of hydrogen-bond acceptors (Lipinski definition) is 7. The highest BCUT2D eigenvalue weighted by Gasteiger charge is 2.38. The zero-order chi connectivity index (χ0) is 18.9. The molecule has 0 aliphatic heterocycles. The standard InChI is InChI=1S/C15H10F3N3O4S/c1-21(13(23)11(22)9-3-2-6-24-9)7-8-4-5-10(26-8)12-19-14(25-20-12)15(16,17)18/h2-6H,7H2,1H3. The Morgan fingerprint density at radius 2 is 2.04 bits per heavy atom. The number of aromatic nitrogens is 2. The zero-order valence-electron chi connectivity index (χ0n) is 13.1. The minimum Gasteiger partial charge on any atom is -0.461 e. The fourth-order valence-corrected chi connectivity index (χ4v) is 3.00. The maximum absolute atomic E-state index is 12.5. The summed E-state index contributed by atoms with van der Waals surface area (Å²) >= 11 is 1.08. The number of ketones is 1. The van der Waals surface area contributed by atoms with Crippen molar-refractivity contribution in [2.45, 2.75) is 12.7 Å². The van der Waals surface area contributed by atoms with Crippen molar-refractivity contribution in [3.05, 3.63) is 47.1 Å². The smallest absolute Gasteiger partial charge is 0.461 e. The predicted octanol–water partition coefficient (Wildman–Crippen LogP) is 3.25. The van der Waals surface area contributed by atoms with Gasteiger partial charge in [-0.15, -0.1) is 11.3 Å². The molecule has 3 rings (SSSR count). The Morgan fingerprint density at radius 1 is 1.27 bits per heavy atom. The maximum Gasteiger partial charge on any atom is 0.471 e. The molecule has 7 nitrogen and oxygen atoms in total. The molecular weight excluding hydrogens is 375 g/mol. The molecule has 3 heterocycles. The molecule has 0 saturated carbocycles. The third kappa shape index (κ3) is 3.67. The summed E-state index contributed by atoms with van der Waals surface area (Å²) in [5.41, 5.74) is 0. The fourth-order valence-electron chi connectivity index (χ4n) is 2.01. The highest BCUT2D eigenvalue weighted by molar-refractivity contribution is 7.15. The van der Waals surface area contributed by atoms with Crippen LogP contribution in [-0.2, 0) is 17.5 Å². The summed E-state index contributed by atoms with van der Waals surface area (Å²) in [5.74, 6) is -3.26. The monoisotopic (exact) mass is 385 g/mol. The predicted molar refractivity (Wildman–Crippen MR) is 82.1 cm³/mol. The van der Waals surface area contributed by atoms with Crippen LogP contribution in [0.5, 0.6) is 0 Å². The third-order valence-corrected chi connectivity index (χ3v) is 4.30. The van der Waals surface area contributed by atoms with E-state index < -0.39 is 23.8 Å². The van der Waals surface area contributed by atoms with Crippen LogP contribution in [0.1, 0.15) is 21.3 Å². The van der Waals surface area contributed by atoms with Crippen LogP contribution in [0.25, 0.3) is 10.7 Å². The van der Waals surface area contributed by atoms with Crippen molar-refractivity contribution in [3.8, 4) is 10.7 Å². The Kier molecular flexibility index (Phi) is 4.64. The van der Waals surface area contributed by atoms with Gasteiger partial charge in [-0.3, -0.25) is 9.59 Å². The minimum atomic E-state index is -4.72. The fraction of sp³-hybridized carbons (Fsp3) is 0.200. The number of alkyl halides is 3. The molecule has 3 aromatic heterocycles. The van der Waals surface area contributed by atoms with Crippen LogP contribution < -0.4 is 0 Å². The van der Waals surface area contributed by atoms with Gasteiger partial charge in [0.1, 0.15) is 0 Å². The summed E-state index contributed by atoms with van der Waals surface area (Å²) in [5, 5.41) is 3.30. The third-order valence-electron chi connectivity index (χ3n) is 3.23. The summed E-state index contributed by atoms with van der Waals surface area (Å²) < 4.78 is 46.6. The number of nitrogens with zero attached hydrogens (tertiary/aromatic N) is 3. The Labute approximate surface area is 148 Å². The van der Waals surface area contributed by atoms with Crippen LogP contribution in [-0.4, -0.2) is 33.8 Å². The molecule has 0 saturated heterocycles. The summed E-state index contributed by atoms with van der Waals surface area (Å²) in [7, 11) is 1.43. The second kappa shape index (κ2) is 6.75. The van der Waals surface area contributed by atoms with Crippen LogP contribution in [0.15, 0.2) is 39.5 Å². The molecule has 11 heteroatoms. The number of Topliss-reactive ketones (excluding diaryl/α,β-unsaturated/α-hetero) is 1. The SMILES string of the molecule is CN(Cc1ccc(-c2noc(C(F)(F)F)n2)s1)C(=O)C(=O)c1ccco1. The first kappa shape index (κ1) is 17.9. The molecule has 0 bridgehead atoms. The summed E-state index contributed by atoms with van der Waals surface area (Å²) in [6.45, 7) is 0.0833. The van der Waals surface area contributed by atoms with Gasteiger partial charge < -0.3 is 13.8 Å². The van der Waals surface area contributed by atoms with Crippen molar-refractivity contribution in [1.82, 2.24) is 15.0 Å². The van der Waals surface area contributed by atoms with Crippen LogP contribution in [0, 0.1) is 0 Å². The van der Waals surface area contributed by atoms with E-state index in [1.807, 2.05) is 0 Å². The lowest BCUT2D eigenvalue weighted by Crippen LogP contribution is -2.32. The minimum absolute atomic E-state index is 0.0693. The summed E-state index contributed by atoms with van der Waals surface area (Å²) in [4.78, 5) is 29.5. The van der Waals surface area contributed by atoms with Gasteiger partial charge in [-0.1, -0.05) is 5.16 Å². The molecular formula is C15H10F3N3O4S. The number of carbonyl (C=O) groups excluding carboxylic acids is 2. The second-order valence-electron chi connectivity index (χ2n) is 5.15. The largest absolute Gasteiger partial charge is 0.471 e. The van der Waals surface area contributed by atoms with Gasteiger partial charge in [0, 0.05) is 11.9 Å². The first-order valence-electron chi connectivity index (χ1n) is 7.09. The van der Waals surface area contributed by atoms with Gasteiger partial charge in [0.15, 0.2) is 5.76 Å². The van der Waals surface area contributed by atoms with Gasteiger partial charge in [0.25, 0.3) is 11.7 Å². The normalized spacial score (nSPS) is 11.5. The van der Waals surface area contributed by atoms with E-state index in [2.05, 4.69) is 14.7 Å².